The lowest BCUT2D eigenvalue weighted by atomic mass is 10.2. The normalized spacial score (nSPS) is 10.4. The maximum atomic E-state index is 11.8. The molecule has 0 saturated heterocycles. The molecule has 0 aliphatic rings. The third-order valence-electron chi connectivity index (χ3n) is 4.33. The van der Waals surface area contributed by atoms with Crippen LogP contribution in [0.25, 0.3) is 0 Å². The van der Waals surface area contributed by atoms with Crippen molar-refractivity contribution in [2.75, 3.05) is 13.2 Å². The molecule has 0 atom stereocenters. The molecule has 0 aliphatic heterocycles. The van der Waals surface area contributed by atoms with Crippen molar-refractivity contribution in [1.82, 2.24) is 0 Å². The standard InChI is InChI=1S/C26H30O14/c1-17(2)33-21-11-7-19(8-12-21)23(27)35-39-37-25(29)31-15-5-6-16-32-26(30)38-40-36-24(28)20-9-13-22(14-10-20)34-18(3)4/h7-14,17-18H,5-6,15-16H2,1-4H3. The van der Waals surface area contributed by atoms with Crippen LogP contribution in [0.2, 0.25) is 0 Å². The molecule has 14 heteroatoms. The fourth-order valence-electron chi connectivity index (χ4n) is 2.69. The first kappa shape index (κ1) is 31.7. The number of hydrogen-bond donors (Lipinski definition) is 0. The number of ether oxygens (including phenoxy) is 4. The van der Waals surface area contributed by atoms with Crippen molar-refractivity contribution < 1.29 is 67.8 Å². The average Bonchev–Trinajstić information content (AvgIpc) is 2.90. The maximum Gasteiger partial charge on any atom is 0.543 e. The highest BCUT2D eigenvalue weighted by molar-refractivity contribution is 5.89. The summed E-state index contributed by atoms with van der Waals surface area (Å²) in [7, 11) is 0. The molecular formula is C26H30O14. The van der Waals surface area contributed by atoms with E-state index >= 15 is 0 Å². The summed E-state index contributed by atoms with van der Waals surface area (Å²) in [6.07, 6.45) is -2.04. The largest absolute Gasteiger partial charge is 0.543 e. The molecule has 2 aromatic rings. The Morgan fingerprint density at radius 1 is 0.550 bits per heavy atom. The second-order valence-corrected chi connectivity index (χ2v) is 8.33. The Labute approximate surface area is 229 Å². The van der Waals surface area contributed by atoms with Crippen LogP contribution in [-0.4, -0.2) is 49.7 Å². The minimum absolute atomic E-state index is 0.0247. The van der Waals surface area contributed by atoms with Gasteiger partial charge in [0.05, 0.1) is 46.6 Å². The van der Waals surface area contributed by atoms with E-state index in [0.717, 1.165) is 0 Å². The monoisotopic (exact) mass is 566 g/mol. The van der Waals surface area contributed by atoms with Crippen molar-refractivity contribution in [3.05, 3.63) is 59.7 Å². The van der Waals surface area contributed by atoms with E-state index in [2.05, 4.69) is 29.6 Å². The van der Waals surface area contributed by atoms with Gasteiger partial charge in [0.25, 0.3) is 0 Å². The highest BCUT2D eigenvalue weighted by atomic mass is 17.5. The van der Waals surface area contributed by atoms with Gasteiger partial charge in [0.15, 0.2) is 0 Å². The Balaban J connectivity index is 1.48. The van der Waals surface area contributed by atoms with Gasteiger partial charge < -0.3 is 18.9 Å². The third-order valence-corrected chi connectivity index (χ3v) is 4.33. The molecule has 2 rings (SSSR count). The highest BCUT2D eigenvalue weighted by Gasteiger charge is 2.14. The van der Waals surface area contributed by atoms with E-state index in [1.807, 2.05) is 27.7 Å². The Morgan fingerprint density at radius 2 is 0.900 bits per heavy atom. The van der Waals surface area contributed by atoms with Gasteiger partial charge in [0.2, 0.25) is 0 Å². The number of carbonyl (C=O) groups excluding carboxylic acids is 4. The minimum Gasteiger partial charge on any atom is -0.491 e. The number of rotatable bonds is 15. The summed E-state index contributed by atoms with van der Waals surface area (Å²) in [6, 6.07) is 12.1. The van der Waals surface area contributed by atoms with Gasteiger partial charge in [-0.05, 0) is 89.1 Å². The lowest BCUT2D eigenvalue weighted by Crippen LogP contribution is -2.14. The molecule has 0 bridgehead atoms. The van der Waals surface area contributed by atoms with E-state index in [4.69, 9.17) is 18.9 Å². The molecule has 0 fully saturated rings. The van der Waals surface area contributed by atoms with Crippen LogP contribution >= 0.6 is 0 Å². The van der Waals surface area contributed by atoms with Crippen molar-refractivity contribution in [1.29, 1.82) is 0 Å². The summed E-state index contributed by atoms with van der Waals surface area (Å²) in [4.78, 5) is 63.6. The summed E-state index contributed by atoms with van der Waals surface area (Å²) in [5, 5.41) is 8.24. The summed E-state index contributed by atoms with van der Waals surface area (Å²) >= 11 is 0. The molecule has 2 aromatic carbocycles. The zero-order valence-corrected chi connectivity index (χ0v) is 22.3. The van der Waals surface area contributed by atoms with Crippen molar-refractivity contribution in [3.8, 4) is 11.5 Å². The predicted molar refractivity (Wildman–Crippen MR) is 132 cm³/mol. The molecular weight excluding hydrogens is 536 g/mol. The molecule has 40 heavy (non-hydrogen) atoms. The lowest BCUT2D eigenvalue weighted by Gasteiger charge is -2.09. The van der Waals surface area contributed by atoms with E-state index in [1.165, 1.54) is 24.3 Å². The van der Waals surface area contributed by atoms with E-state index in [9.17, 15) is 19.2 Å². The fraction of sp³-hybridized carbons (Fsp3) is 0.385. The fourth-order valence-corrected chi connectivity index (χ4v) is 2.69. The molecule has 0 heterocycles. The van der Waals surface area contributed by atoms with Crippen LogP contribution < -0.4 is 9.47 Å². The zero-order chi connectivity index (χ0) is 29.3. The van der Waals surface area contributed by atoms with Crippen LogP contribution in [-0.2, 0) is 39.1 Å². The van der Waals surface area contributed by atoms with Gasteiger partial charge in [-0.25, -0.2) is 29.0 Å². The Kier molecular flexibility index (Phi) is 13.5. The SMILES string of the molecule is CC(C)Oc1ccc(C(=O)OOOC(=O)OCCCCOC(=O)OOOC(=O)c2ccc(OC(C)C)cc2)cc1. The highest BCUT2D eigenvalue weighted by Crippen LogP contribution is 2.16. The van der Waals surface area contributed by atoms with Gasteiger partial charge in [-0.15, -0.1) is 0 Å². The van der Waals surface area contributed by atoms with E-state index in [-0.39, 0.29) is 49.4 Å². The second kappa shape index (κ2) is 17.1. The summed E-state index contributed by atoms with van der Waals surface area (Å²) in [6.45, 7) is 7.20. The van der Waals surface area contributed by atoms with Crippen molar-refractivity contribution in [2.24, 2.45) is 0 Å². The van der Waals surface area contributed by atoms with Crippen LogP contribution in [0.4, 0.5) is 9.59 Å². The average molecular weight is 567 g/mol. The molecule has 14 nitrogen and oxygen atoms in total. The van der Waals surface area contributed by atoms with Crippen LogP contribution in [0.3, 0.4) is 0 Å². The van der Waals surface area contributed by atoms with E-state index in [0.29, 0.717) is 11.5 Å². The minimum atomic E-state index is -1.26. The number of carbonyl (C=O) groups is 4. The topological polar surface area (TPSA) is 161 Å². The smallest absolute Gasteiger partial charge is 0.491 e. The molecule has 218 valence electrons. The van der Waals surface area contributed by atoms with E-state index in [1.54, 1.807) is 24.3 Å². The van der Waals surface area contributed by atoms with E-state index < -0.39 is 24.2 Å². The van der Waals surface area contributed by atoms with Crippen molar-refractivity contribution in [3.63, 3.8) is 0 Å². The first-order valence-corrected chi connectivity index (χ1v) is 12.1. The van der Waals surface area contributed by atoms with Gasteiger partial charge in [0.1, 0.15) is 11.5 Å². The van der Waals surface area contributed by atoms with Gasteiger partial charge in [-0.2, -0.15) is 0 Å². The van der Waals surface area contributed by atoms with Crippen molar-refractivity contribution in [2.45, 2.75) is 52.7 Å². The first-order valence-electron chi connectivity index (χ1n) is 12.1. The van der Waals surface area contributed by atoms with Crippen LogP contribution in [0.15, 0.2) is 48.5 Å². The molecule has 0 radical (unpaired) electrons. The van der Waals surface area contributed by atoms with Crippen LogP contribution in [0.5, 0.6) is 11.5 Å². The van der Waals surface area contributed by atoms with Gasteiger partial charge in [-0.3, -0.25) is 9.78 Å². The number of hydrogen-bond acceptors (Lipinski definition) is 14. The molecule has 0 aliphatic carbocycles. The van der Waals surface area contributed by atoms with Gasteiger partial charge in [0, 0.05) is 0 Å². The quantitative estimate of drug-likeness (QED) is 0.122. The second-order valence-electron chi connectivity index (χ2n) is 8.33. The number of benzene rings is 2. The van der Waals surface area contributed by atoms with Gasteiger partial charge in [-0.1, -0.05) is 0 Å². The molecule has 0 N–H and O–H groups in total. The first-order chi connectivity index (χ1) is 19.1. The summed E-state index contributed by atoms with van der Waals surface area (Å²) < 4.78 is 20.3. The van der Waals surface area contributed by atoms with Crippen LogP contribution in [0.1, 0.15) is 61.3 Å². The zero-order valence-electron chi connectivity index (χ0n) is 22.3. The molecule has 0 saturated carbocycles. The molecule has 0 amide bonds. The maximum absolute atomic E-state index is 11.8. The molecule has 0 unspecified atom stereocenters. The number of unbranched alkanes of at least 4 members (excludes halogenated alkanes) is 1. The molecule has 0 spiro atoms. The summed E-state index contributed by atoms with van der Waals surface area (Å²) in [5.41, 5.74) is 0.273. The van der Waals surface area contributed by atoms with Gasteiger partial charge >= 0.3 is 24.2 Å². The Hall–Kier alpha value is -4.56. The third kappa shape index (κ3) is 12.8. The van der Waals surface area contributed by atoms with Crippen LogP contribution in [0, 0.1) is 0 Å². The molecule has 0 aromatic heterocycles. The lowest BCUT2D eigenvalue weighted by molar-refractivity contribution is -0.452. The van der Waals surface area contributed by atoms with Crippen molar-refractivity contribution >= 4 is 24.2 Å². The summed E-state index contributed by atoms with van der Waals surface area (Å²) in [5.74, 6) is -0.673. The predicted octanol–water partition coefficient (Wildman–Crippen LogP) is 5.05. The Bertz CT molecular complexity index is 992. The Morgan fingerprint density at radius 3 is 1.23 bits per heavy atom.